The number of fused-ring (bicyclic) bond motifs is 1. The van der Waals surface area contributed by atoms with E-state index in [4.69, 9.17) is 4.74 Å². The van der Waals surface area contributed by atoms with Gasteiger partial charge in [0.05, 0.1) is 50.6 Å². The van der Waals surface area contributed by atoms with Crippen molar-refractivity contribution in [2.45, 2.75) is 56.0 Å². The Morgan fingerprint density at radius 1 is 0.323 bits per heavy atom. The molecule has 0 atom stereocenters. The van der Waals surface area contributed by atoms with Crippen molar-refractivity contribution in [2.75, 3.05) is 0 Å². The molecule has 10 aromatic carbocycles. The first-order valence-corrected chi connectivity index (χ1v) is 26.7. The molecule has 0 aliphatic rings. The zero-order chi connectivity index (χ0) is 68.0. The molecule has 1 aromatic heterocycles. The molecule has 0 spiro atoms. The van der Waals surface area contributed by atoms with Crippen molar-refractivity contribution in [1.82, 2.24) is 0 Å². The van der Waals surface area contributed by atoms with Gasteiger partial charge in [-0.05, 0) is 70.1 Å². The van der Waals surface area contributed by atoms with Crippen LogP contribution in [0, 0.1) is 0 Å². The Balaban J connectivity index is 0.000000223. The topological polar surface area (TPSA) is 30.2 Å². The first kappa shape index (κ1) is 66.4. The zero-order valence-electron chi connectivity index (χ0n) is 46.1. The maximum absolute atomic E-state index is 14.2. The van der Waals surface area contributed by atoms with E-state index in [9.17, 15) is 110 Å². The summed E-state index contributed by atoms with van der Waals surface area (Å²) in [6.07, 6.45) is -54.8. The minimum atomic E-state index is -6.13. The molecule has 0 radical (unpaired) electrons. The number of ether oxygens (including phenoxy) is 1. The van der Waals surface area contributed by atoms with Crippen molar-refractivity contribution in [2.24, 2.45) is 0 Å². The number of alkyl halides is 24. The first-order chi connectivity index (χ1) is 43.0. The summed E-state index contributed by atoms with van der Waals surface area (Å²) in [6, 6.07) is 31.9. The largest absolute Gasteiger partial charge is 0.416 e. The highest BCUT2D eigenvalue weighted by Gasteiger charge is 2.47. The summed E-state index contributed by atoms with van der Waals surface area (Å²) in [6.45, 7) is 0.187. The highest BCUT2D eigenvalue weighted by atomic mass is 19.4. The SMILES string of the molecule is FC(F)(F)c1cc([B-](c2cc(C(F)(F)F)cc(C(F)(F)F)c2)(c2cc(C(F)(F)F)cc(C(F)(F)F)c2)c2cc(C(F)(F)F)cc(C(F)(F)F)c2)cc(C(F)(F)F)c1.O=C(C[n+]1c(Oc2ccc3ccc4cccc5ccc2c3c45)ccc2ccccc21)c1ccccc1. The van der Waals surface area contributed by atoms with Gasteiger partial charge in [0.15, 0.2) is 0 Å². The van der Waals surface area contributed by atoms with Crippen LogP contribution in [0.2, 0.25) is 0 Å². The summed E-state index contributed by atoms with van der Waals surface area (Å²) in [4.78, 5) is 13.2. The number of Topliss-reactive ketones (excluding diaryl/α,β-unsaturated/α-hetero) is 1. The van der Waals surface area contributed by atoms with Gasteiger partial charge in [-0.1, -0.05) is 133 Å². The van der Waals surface area contributed by atoms with Gasteiger partial charge in [0, 0.05) is 27.8 Å². The van der Waals surface area contributed by atoms with Crippen LogP contribution < -0.4 is 31.2 Å². The molecule has 0 saturated carbocycles. The number of rotatable bonds is 9. The van der Waals surface area contributed by atoms with E-state index in [1.807, 2.05) is 71.3 Å². The van der Waals surface area contributed by atoms with Crippen molar-refractivity contribution in [3.8, 4) is 11.6 Å². The molecule has 11 rings (SSSR count). The number of halogens is 24. The van der Waals surface area contributed by atoms with Crippen molar-refractivity contribution >= 4 is 77.0 Å². The molecule has 93 heavy (non-hydrogen) atoms. The van der Waals surface area contributed by atoms with Crippen LogP contribution >= 0.6 is 0 Å². The summed E-state index contributed by atoms with van der Waals surface area (Å²) >= 11 is 0. The standard InChI is InChI=1S/C33H22NO2.C32H12BF24/c35-29(23-8-2-1-3-9-23)21-34-28-12-5-4-7-22(28)17-20-31(34)36-30-19-16-26-14-13-24-10-6-11-25-15-18-27(30)33(26)32(24)25;34-25(35,36)13-1-14(26(37,38)39)6-21(5-13)33(22-7-15(27(40,41)42)2-16(8-22)28(43,44)45,23-9-17(29(46,47)48)3-18(10-23)30(49,50)51)24-11-19(31(52,53)54)4-20(12-24)32(55,56)57/h1-20H,21H2;1-12H/q+1;-1. The van der Waals surface area contributed by atoms with Gasteiger partial charge in [0.25, 0.3) is 0 Å². The van der Waals surface area contributed by atoms with E-state index in [1.54, 1.807) is 0 Å². The maximum Gasteiger partial charge on any atom is 0.416 e. The highest BCUT2D eigenvalue weighted by molar-refractivity contribution is 7.20. The number of benzene rings is 10. The molecule has 3 nitrogen and oxygen atoms in total. The van der Waals surface area contributed by atoms with Crippen LogP contribution in [0.5, 0.6) is 11.6 Å². The molecule has 11 aromatic rings. The average Bonchev–Trinajstić information content (AvgIpc) is 0.712. The number of hydrogen-bond donors (Lipinski definition) is 0. The van der Waals surface area contributed by atoms with Crippen LogP contribution in [-0.4, -0.2) is 11.9 Å². The lowest BCUT2D eigenvalue weighted by Gasteiger charge is -2.46. The molecule has 28 heteroatoms. The number of carbonyl (C=O) groups is 1. The molecule has 0 aliphatic heterocycles. The summed E-state index contributed by atoms with van der Waals surface area (Å²) in [5.41, 5.74) is -28.6. The smallest absolute Gasteiger partial charge is 0.404 e. The average molecular weight is 1330 g/mol. The third kappa shape index (κ3) is 13.4. The van der Waals surface area contributed by atoms with Gasteiger partial charge in [0.2, 0.25) is 17.8 Å². The van der Waals surface area contributed by atoms with Crippen LogP contribution in [0.15, 0.2) is 194 Å². The molecule has 482 valence electrons. The van der Waals surface area contributed by atoms with Crippen LogP contribution in [0.25, 0.3) is 43.2 Å². The number of pyridine rings is 1. The Hall–Kier alpha value is -9.50. The van der Waals surface area contributed by atoms with Crippen molar-refractivity contribution in [1.29, 1.82) is 0 Å². The van der Waals surface area contributed by atoms with E-state index in [2.05, 4.69) is 54.6 Å². The van der Waals surface area contributed by atoms with Gasteiger partial charge in [0.1, 0.15) is 11.9 Å². The maximum atomic E-state index is 14.2. The molecule has 0 unspecified atom stereocenters. The molecule has 0 bridgehead atoms. The lowest BCUT2D eigenvalue weighted by molar-refractivity contribution is -0.661. The summed E-state index contributed by atoms with van der Waals surface area (Å²) < 4.78 is 349. The summed E-state index contributed by atoms with van der Waals surface area (Å²) in [5.74, 6) is 1.45. The molecular formula is C65H34BF24NO2. The normalized spacial score (nSPS) is 13.2. The number of ketones is 1. The van der Waals surface area contributed by atoms with Crippen LogP contribution in [0.1, 0.15) is 54.9 Å². The second kappa shape index (κ2) is 23.3. The third-order valence-electron chi connectivity index (χ3n) is 15.4. The van der Waals surface area contributed by atoms with Gasteiger partial charge in [-0.2, -0.15) is 132 Å². The van der Waals surface area contributed by atoms with Crippen molar-refractivity contribution in [3.05, 3.63) is 244 Å². The highest BCUT2D eigenvalue weighted by Crippen LogP contribution is 2.44. The predicted molar refractivity (Wildman–Crippen MR) is 295 cm³/mol. The van der Waals surface area contributed by atoms with E-state index < -0.39 is 195 Å². The van der Waals surface area contributed by atoms with Crippen LogP contribution in [0.3, 0.4) is 0 Å². The number of carbonyl (C=O) groups excluding carboxylic acids is 1. The van der Waals surface area contributed by atoms with Gasteiger partial charge in [-0.15, -0.1) is 0 Å². The fourth-order valence-corrected chi connectivity index (χ4v) is 11.3. The van der Waals surface area contributed by atoms with Crippen molar-refractivity contribution in [3.63, 3.8) is 0 Å². The Bertz CT molecular complexity index is 4200. The molecule has 0 fully saturated rings. The minimum Gasteiger partial charge on any atom is -0.404 e. The third-order valence-corrected chi connectivity index (χ3v) is 15.4. The van der Waals surface area contributed by atoms with E-state index in [0.717, 1.165) is 22.0 Å². The fraction of sp³-hybridized carbons (Fsp3) is 0.138. The predicted octanol–water partition coefficient (Wildman–Crippen LogP) is 18.9. The van der Waals surface area contributed by atoms with E-state index in [1.165, 1.54) is 26.9 Å². The Labute approximate surface area is 506 Å². The monoisotopic (exact) mass is 1330 g/mol. The quantitative estimate of drug-likeness (QED) is 0.0474. The molecule has 0 N–H and O–H groups in total. The minimum absolute atomic E-state index is 0.0391. The fourth-order valence-electron chi connectivity index (χ4n) is 11.3. The van der Waals surface area contributed by atoms with Crippen molar-refractivity contribution < 1.29 is 119 Å². The van der Waals surface area contributed by atoms with E-state index in [-0.39, 0.29) is 12.3 Å². The van der Waals surface area contributed by atoms with Gasteiger partial charge >= 0.3 is 55.3 Å². The van der Waals surface area contributed by atoms with Gasteiger partial charge in [-0.25, -0.2) is 0 Å². The van der Waals surface area contributed by atoms with Gasteiger partial charge < -0.3 is 4.74 Å². The van der Waals surface area contributed by atoms with E-state index in [0.29, 0.717) is 11.4 Å². The summed E-state index contributed by atoms with van der Waals surface area (Å²) in [5, 5.41) is 8.20. The molecule has 0 aliphatic carbocycles. The number of aromatic nitrogens is 1. The van der Waals surface area contributed by atoms with Crippen LogP contribution in [0.4, 0.5) is 105 Å². The lowest BCUT2D eigenvalue weighted by Crippen LogP contribution is -2.75. The Kier molecular flexibility index (Phi) is 16.6. The van der Waals surface area contributed by atoms with Crippen LogP contribution in [-0.2, 0) is 56.0 Å². The zero-order valence-corrected chi connectivity index (χ0v) is 46.1. The molecule has 0 amide bonds. The molecule has 0 saturated heterocycles. The van der Waals surface area contributed by atoms with E-state index >= 15 is 0 Å². The second-order valence-electron chi connectivity index (χ2n) is 21.4. The first-order valence-electron chi connectivity index (χ1n) is 26.7. The lowest BCUT2D eigenvalue weighted by atomic mass is 9.12. The Morgan fingerprint density at radius 3 is 1.01 bits per heavy atom. The summed E-state index contributed by atoms with van der Waals surface area (Å²) in [7, 11) is 0. The number of para-hydroxylation sites is 1. The Morgan fingerprint density at radius 2 is 0.634 bits per heavy atom. The number of nitrogens with zero attached hydrogens (tertiary/aromatic N) is 1. The molecule has 1 heterocycles. The number of hydrogen-bond acceptors (Lipinski definition) is 2. The second-order valence-corrected chi connectivity index (χ2v) is 21.4. The molecular weight excluding hydrogens is 1290 g/mol. The van der Waals surface area contributed by atoms with Gasteiger partial charge in [-0.3, -0.25) is 4.79 Å².